The van der Waals surface area contributed by atoms with Crippen LogP contribution in [0.3, 0.4) is 0 Å². The Bertz CT molecular complexity index is 497. The van der Waals surface area contributed by atoms with Crippen LogP contribution in [-0.2, 0) is 4.74 Å². The standard InChI is InChI=1S/C13H13F5O/c1-7-10(14)4-3-9(11(7)15)8-5-12(2,19-6-8)13(16,17)18/h3-4,8H,5-6H2,1-2H3/t8-,12-/m0/s1. The van der Waals surface area contributed by atoms with Gasteiger partial charge >= 0.3 is 6.18 Å². The number of ether oxygens (including phenoxy) is 1. The third kappa shape index (κ3) is 2.33. The predicted molar refractivity (Wildman–Crippen MR) is 58.9 cm³/mol. The van der Waals surface area contributed by atoms with Gasteiger partial charge in [0, 0.05) is 11.5 Å². The molecule has 1 heterocycles. The highest BCUT2D eigenvalue weighted by molar-refractivity contribution is 5.30. The first-order chi connectivity index (χ1) is 8.66. The van der Waals surface area contributed by atoms with Gasteiger partial charge < -0.3 is 4.74 Å². The van der Waals surface area contributed by atoms with Crippen molar-refractivity contribution in [3.63, 3.8) is 0 Å². The van der Waals surface area contributed by atoms with Gasteiger partial charge in [0.2, 0.25) is 0 Å². The topological polar surface area (TPSA) is 9.23 Å². The zero-order valence-electron chi connectivity index (χ0n) is 10.4. The van der Waals surface area contributed by atoms with Gasteiger partial charge in [-0.15, -0.1) is 0 Å². The van der Waals surface area contributed by atoms with Gasteiger partial charge in [-0.2, -0.15) is 13.2 Å². The maximum atomic E-state index is 13.9. The highest BCUT2D eigenvalue weighted by Gasteiger charge is 2.56. The van der Waals surface area contributed by atoms with Crippen molar-refractivity contribution in [2.24, 2.45) is 0 Å². The van der Waals surface area contributed by atoms with Crippen LogP contribution in [0.5, 0.6) is 0 Å². The molecule has 19 heavy (non-hydrogen) atoms. The summed E-state index contributed by atoms with van der Waals surface area (Å²) in [5.74, 6) is -2.22. The smallest absolute Gasteiger partial charge is 0.365 e. The van der Waals surface area contributed by atoms with Crippen molar-refractivity contribution in [1.29, 1.82) is 0 Å². The molecule has 0 saturated carbocycles. The molecule has 2 atom stereocenters. The van der Waals surface area contributed by atoms with Crippen LogP contribution in [-0.4, -0.2) is 18.4 Å². The van der Waals surface area contributed by atoms with Gasteiger partial charge in [0.25, 0.3) is 0 Å². The van der Waals surface area contributed by atoms with Gasteiger partial charge in [0.15, 0.2) is 5.60 Å². The second-order valence-electron chi connectivity index (χ2n) is 5.02. The quantitative estimate of drug-likeness (QED) is 0.704. The average Bonchev–Trinajstić information content (AvgIpc) is 2.70. The third-order valence-electron chi connectivity index (χ3n) is 3.63. The van der Waals surface area contributed by atoms with Crippen LogP contribution < -0.4 is 0 Å². The van der Waals surface area contributed by atoms with Crippen LogP contribution in [0.4, 0.5) is 22.0 Å². The van der Waals surface area contributed by atoms with Gasteiger partial charge in [-0.25, -0.2) is 8.78 Å². The van der Waals surface area contributed by atoms with Crippen molar-refractivity contribution in [2.75, 3.05) is 6.61 Å². The Morgan fingerprint density at radius 1 is 1.26 bits per heavy atom. The van der Waals surface area contributed by atoms with E-state index in [1.807, 2.05) is 0 Å². The molecule has 1 aromatic carbocycles. The van der Waals surface area contributed by atoms with Crippen molar-refractivity contribution < 1.29 is 26.7 Å². The monoisotopic (exact) mass is 280 g/mol. The first kappa shape index (κ1) is 14.2. The molecule has 2 rings (SSSR count). The van der Waals surface area contributed by atoms with Gasteiger partial charge in [0.1, 0.15) is 11.6 Å². The molecule has 0 amide bonds. The molecule has 0 radical (unpaired) electrons. The molecule has 6 heteroatoms. The number of hydrogen-bond donors (Lipinski definition) is 0. The first-order valence-electron chi connectivity index (χ1n) is 5.81. The zero-order chi connectivity index (χ0) is 14.4. The molecule has 1 aliphatic rings. The van der Waals surface area contributed by atoms with Gasteiger partial charge in [0.05, 0.1) is 6.61 Å². The highest BCUT2D eigenvalue weighted by atomic mass is 19.4. The molecule has 0 N–H and O–H groups in total. The molecule has 1 fully saturated rings. The van der Waals surface area contributed by atoms with Crippen molar-refractivity contribution >= 4 is 0 Å². The minimum Gasteiger partial charge on any atom is -0.365 e. The minimum absolute atomic E-state index is 0.0758. The van der Waals surface area contributed by atoms with E-state index in [-0.39, 0.29) is 24.2 Å². The van der Waals surface area contributed by atoms with Crippen molar-refractivity contribution in [3.8, 4) is 0 Å². The molecular formula is C13H13F5O. The predicted octanol–water partition coefficient (Wildman–Crippen LogP) is 4.10. The fourth-order valence-electron chi connectivity index (χ4n) is 2.27. The summed E-state index contributed by atoms with van der Waals surface area (Å²) < 4.78 is 70.2. The van der Waals surface area contributed by atoms with Crippen molar-refractivity contribution in [2.45, 2.75) is 38.0 Å². The van der Waals surface area contributed by atoms with Gasteiger partial charge in [-0.1, -0.05) is 6.07 Å². The molecule has 0 spiro atoms. The van der Waals surface area contributed by atoms with E-state index >= 15 is 0 Å². The Kier molecular flexibility index (Phi) is 3.33. The Morgan fingerprint density at radius 3 is 2.42 bits per heavy atom. The molecule has 1 nitrogen and oxygen atoms in total. The number of rotatable bonds is 1. The van der Waals surface area contributed by atoms with Crippen LogP contribution in [0.15, 0.2) is 12.1 Å². The largest absolute Gasteiger partial charge is 0.417 e. The summed E-state index contributed by atoms with van der Waals surface area (Å²) >= 11 is 0. The summed E-state index contributed by atoms with van der Waals surface area (Å²) in [5.41, 5.74) is -2.38. The summed E-state index contributed by atoms with van der Waals surface area (Å²) in [4.78, 5) is 0. The van der Waals surface area contributed by atoms with Crippen LogP contribution in [0.2, 0.25) is 0 Å². The first-order valence-corrected chi connectivity index (χ1v) is 5.81. The van der Waals surface area contributed by atoms with E-state index in [1.165, 1.54) is 13.0 Å². The molecule has 0 bridgehead atoms. The Morgan fingerprint density at radius 2 is 1.89 bits per heavy atom. The lowest BCUT2D eigenvalue weighted by Crippen LogP contribution is -2.41. The van der Waals surface area contributed by atoms with Crippen LogP contribution in [0.25, 0.3) is 0 Å². The average molecular weight is 280 g/mol. The maximum Gasteiger partial charge on any atom is 0.417 e. The molecule has 0 unspecified atom stereocenters. The minimum atomic E-state index is -4.51. The number of alkyl halides is 3. The van der Waals surface area contributed by atoms with E-state index in [0.717, 1.165) is 13.0 Å². The van der Waals surface area contributed by atoms with E-state index in [4.69, 9.17) is 4.74 Å². The molecule has 0 aromatic heterocycles. The second-order valence-corrected chi connectivity index (χ2v) is 5.02. The van der Waals surface area contributed by atoms with E-state index < -0.39 is 29.3 Å². The van der Waals surface area contributed by atoms with E-state index in [1.54, 1.807) is 0 Å². The van der Waals surface area contributed by atoms with Crippen LogP contribution in [0.1, 0.15) is 30.4 Å². The molecule has 106 valence electrons. The lowest BCUT2D eigenvalue weighted by atomic mass is 9.89. The Balaban J connectivity index is 2.30. The molecule has 1 aliphatic heterocycles. The highest BCUT2D eigenvalue weighted by Crippen LogP contribution is 2.46. The Hall–Kier alpha value is -1.17. The summed E-state index contributed by atoms with van der Waals surface area (Å²) in [5, 5.41) is 0. The van der Waals surface area contributed by atoms with Gasteiger partial charge in [-0.05, 0) is 31.9 Å². The maximum absolute atomic E-state index is 13.9. The fraction of sp³-hybridized carbons (Fsp3) is 0.538. The molecule has 1 aromatic rings. The molecular weight excluding hydrogens is 267 g/mol. The van der Waals surface area contributed by atoms with E-state index in [9.17, 15) is 22.0 Å². The van der Waals surface area contributed by atoms with Crippen LogP contribution in [0, 0.1) is 18.6 Å². The number of benzene rings is 1. The summed E-state index contributed by atoms with van der Waals surface area (Å²) in [6, 6.07) is 2.25. The SMILES string of the molecule is Cc1c(F)ccc([C@@H]2CO[C@](C)(C(F)(F)F)C2)c1F. The Labute approximate surface area is 107 Å². The summed E-state index contributed by atoms with van der Waals surface area (Å²) in [7, 11) is 0. The fourth-order valence-corrected chi connectivity index (χ4v) is 2.27. The summed E-state index contributed by atoms with van der Waals surface area (Å²) in [6.45, 7) is 1.98. The van der Waals surface area contributed by atoms with Gasteiger partial charge in [-0.3, -0.25) is 0 Å². The normalized spacial score (nSPS) is 27.8. The second kappa shape index (κ2) is 4.44. The molecule has 0 aliphatic carbocycles. The van der Waals surface area contributed by atoms with Crippen LogP contribution >= 0.6 is 0 Å². The molecule has 1 saturated heterocycles. The lowest BCUT2D eigenvalue weighted by molar-refractivity contribution is -0.255. The lowest BCUT2D eigenvalue weighted by Gasteiger charge is -2.26. The van der Waals surface area contributed by atoms with Crippen molar-refractivity contribution in [3.05, 3.63) is 34.9 Å². The summed E-state index contributed by atoms with van der Waals surface area (Å²) in [6.07, 6.45) is -4.87. The third-order valence-corrected chi connectivity index (χ3v) is 3.63. The van der Waals surface area contributed by atoms with E-state index in [2.05, 4.69) is 0 Å². The number of halogens is 5. The van der Waals surface area contributed by atoms with E-state index in [0.29, 0.717) is 0 Å². The van der Waals surface area contributed by atoms with Crippen molar-refractivity contribution in [1.82, 2.24) is 0 Å². The zero-order valence-corrected chi connectivity index (χ0v) is 10.4. The number of hydrogen-bond acceptors (Lipinski definition) is 1.